The van der Waals surface area contributed by atoms with Crippen LogP contribution in [0.4, 0.5) is 19.1 Å². The lowest BCUT2D eigenvalue weighted by molar-refractivity contribution is -0.137. The van der Waals surface area contributed by atoms with Gasteiger partial charge in [0.1, 0.15) is 11.3 Å². The third-order valence-electron chi connectivity index (χ3n) is 4.80. The van der Waals surface area contributed by atoms with Gasteiger partial charge in [-0.15, -0.1) is 0 Å². The number of anilines is 1. The molecular formula is C22H16ClF3N4O. The molecule has 0 aliphatic rings. The van der Waals surface area contributed by atoms with Gasteiger partial charge in [-0.2, -0.15) is 13.2 Å². The van der Waals surface area contributed by atoms with Crippen molar-refractivity contribution < 1.29 is 18.3 Å². The number of aromatic hydroxyl groups is 1. The van der Waals surface area contributed by atoms with E-state index in [-0.39, 0.29) is 17.2 Å². The molecule has 4 rings (SSSR count). The van der Waals surface area contributed by atoms with Crippen LogP contribution in [0.3, 0.4) is 0 Å². The molecule has 5 nitrogen and oxygen atoms in total. The molecule has 0 saturated carbocycles. The van der Waals surface area contributed by atoms with Gasteiger partial charge in [-0.3, -0.25) is 4.98 Å². The number of pyridine rings is 1. The number of phenolic OH excluding ortho intramolecular Hbond substituents is 1. The normalized spacial score (nSPS) is 12.7. The van der Waals surface area contributed by atoms with Crippen LogP contribution in [0.25, 0.3) is 10.9 Å². The van der Waals surface area contributed by atoms with Gasteiger partial charge >= 0.3 is 6.18 Å². The molecule has 0 amide bonds. The number of alkyl halides is 3. The maximum atomic E-state index is 13.0. The van der Waals surface area contributed by atoms with Gasteiger partial charge in [-0.25, -0.2) is 9.97 Å². The number of rotatable bonds is 4. The van der Waals surface area contributed by atoms with Crippen LogP contribution in [0.2, 0.25) is 5.02 Å². The molecule has 158 valence electrons. The highest BCUT2D eigenvalue weighted by atomic mass is 35.5. The van der Waals surface area contributed by atoms with E-state index in [0.717, 1.165) is 12.1 Å². The molecular weight excluding hydrogens is 429 g/mol. The van der Waals surface area contributed by atoms with E-state index in [1.54, 1.807) is 37.4 Å². The maximum absolute atomic E-state index is 13.0. The molecule has 0 radical (unpaired) electrons. The fourth-order valence-corrected chi connectivity index (χ4v) is 3.55. The SMILES string of the molecule is Cc1ccnc(N[C@H](c2ccc(C(F)(F)F)cc2)c2cc(Cl)c3cccnc3c2O)n1. The van der Waals surface area contributed by atoms with E-state index in [1.165, 1.54) is 18.3 Å². The average molecular weight is 445 g/mol. The van der Waals surface area contributed by atoms with Crippen LogP contribution in [0.15, 0.2) is 60.9 Å². The van der Waals surface area contributed by atoms with E-state index in [9.17, 15) is 18.3 Å². The topological polar surface area (TPSA) is 70.9 Å². The summed E-state index contributed by atoms with van der Waals surface area (Å²) in [5.74, 6) is 0.117. The zero-order chi connectivity index (χ0) is 22.2. The summed E-state index contributed by atoms with van der Waals surface area (Å²) in [6.07, 6.45) is -1.38. The second-order valence-corrected chi connectivity index (χ2v) is 7.32. The summed E-state index contributed by atoms with van der Waals surface area (Å²) in [6, 6.07) is 10.6. The van der Waals surface area contributed by atoms with E-state index >= 15 is 0 Å². The smallest absolute Gasteiger partial charge is 0.416 e. The van der Waals surface area contributed by atoms with Crippen LogP contribution in [0.5, 0.6) is 5.75 Å². The molecule has 0 bridgehead atoms. The second-order valence-electron chi connectivity index (χ2n) is 6.91. The number of benzene rings is 2. The van der Waals surface area contributed by atoms with Gasteiger partial charge in [0, 0.05) is 29.0 Å². The lowest BCUT2D eigenvalue weighted by atomic mass is 9.95. The molecule has 0 fully saturated rings. The first-order valence-corrected chi connectivity index (χ1v) is 9.61. The maximum Gasteiger partial charge on any atom is 0.416 e. The molecule has 0 unspecified atom stereocenters. The number of phenols is 1. The third kappa shape index (κ3) is 4.25. The Labute approximate surface area is 180 Å². The van der Waals surface area contributed by atoms with E-state index in [2.05, 4.69) is 20.3 Å². The van der Waals surface area contributed by atoms with Gasteiger partial charge in [-0.05, 0) is 48.9 Å². The molecule has 2 N–H and O–H groups in total. The second kappa shape index (κ2) is 8.03. The van der Waals surface area contributed by atoms with Gasteiger partial charge in [0.25, 0.3) is 0 Å². The number of aromatic nitrogens is 3. The van der Waals surface area contributed by atoms with Crippen molar-refractivity contribution in [1.82, 2.24) is 15.0 Å². The summed E-state index contributed by atoms with van der Waals surface area (Å²) in [4.78, 5) is 12.7. The fraction of sp³-hybridized carbons (Fsp3) is 0.136. The molecule has 0 aliphatic carbocycles. The Kier molecular flexibility index (Phi) is 5.41. The molecule has 4 aromatic rings. The number of nitrogens with zero attached hydrogens (tertiary/aromatic N) is 3. The van der Waals surface area contributed by atoms with Crippen LogP contribution in [0, 0.1) is 6.92 Å². The number of aryl methyl sites for hydroxylation is 1. The van der Waals surface area contributed by atoms with Gasteiger partial charge in [0.05, 0.1) is 16.6 Å². The predicted molar refractivity (Wildman–Crippen MR) is 112 cm³/mol. The van der Waals surface area contributed by atoms with Crippen molar-refractivity contribution in [2.75, 3.05) is 5.32 Å². The Bertz CT molecular complexity index is 1250. The summed E-state index contributed by atoms with van der Waals surface area (Å²) in [7, 11) is 0. The Hall–Kier alpha value is -3.39. The van der Waals surface area contributed by atoms with E-state index in [0.29, 0.717) is 27.2 Å². The van der Waals surface area contributed by atoms with E-state index in [4.69, 9.17) is 11.6 Å². The third-order valence-corrected chi connectivity index (χ3v) is 5.11. The molecule has 2 heterocycles. The minimum absolute atomic E-state index is 0.134. The first-order chi connectivity index (χ1) is 14.7. The molecule has 2 aromatic carbocycles. The zero-order valence-corrected chi connectivity index (χ0v) is 16.9. The van der Waals surface area contributed by atoms with E-state index in [1.807, 2.05) is 0 Å². The summed E-state index contributed by atoms with van der Waals surface area (Å²) in [5.41, 5.74) is 1.00. The highest BCUT2D eigenvalue weighted by Gasteiger charge is 2.31. The van der Waals surface area contributed by atoms with Gasteiger partial charge < -0.3 is 10.4 Å². The first kappa shape index (κ1) is 20.9. The fourth-order valence-electron chi connectivity index (χ4n) is 3.28. The zero-order valence-electron chi connectivity index (χ0n) is 16.2. The van der Waals surface area contributed by atoms with Crippen LogP contribution in [-0.4, -0.2) is 20.1 Å². The Morgan fingerprint density at radius 1 is 1.03 bits per heavy atom. The highest BCUT2D eigenvalue weighted by molar-refractivity contribution is 6.35. The minimum Gasteiger partial charge on any atom is -0.505 e. The standard InChI is InChI=1S/C22H16ClF3N4O/c1-12-8-10-28-21(29-12)30-18(13-4-6-14(7-5-13)22(24,25)26)16-11-17(23)15-3-2-9-27-19(15)20(16)31/h2-11,18,31H,1H3,(H,28,29,30)/t18-/m1/s1. The summed E-state index contributed by atoms with van der Waals surface area (Å²) >= 11 is 6.42. The molecule has 1 atom stereocenters. The van der Waals surface area contributed by atoms with Crippen molar-refractivity contribution in [3.63, 3.8) is 0 Å². The summed E-state index contributed by atoms with van der Waals surface area (Å²) in [5, 5.41) is 14.9. The van der Waals surface area contributed by atoms with Crippen LogP contribution in [0.1, 0.15) is 28.4 Å². The number of hydrogen-bond acceptors (Lipinski definition) is 5. The average Bonchev–Trinajstić information content (AvgIpc) is 2.74. The predicted octanol–water partition coefficient (Wildman–Crippen LogP) is 5.91. The van der Waals surface area contributed by atoms with Crippen molar-refractivity contribution in [2.45, 2.75) is 19.1 Å². The molecule has 31 heavy (non-hydrogen) atoms. The minimum atomic E-state index is -4.46. The number of nitrogens with one attached hydrogen (secondary N) is 1. The van der Waals surface area contributed by atoms with Crippen molar-refractivity contribution in [2.24, 2.45) is 0 Å². The van der Waals surface area contributed by atoms with Crippen molar-refractivity contribution in [1.29, 1.82) is 0 Å². The van der Waals surface area contributed by atoms with Crippen molar-refractivity contribution in [3.05, 3.63) is 88.3 Å². The lowest BCUT2D eigenvalue weighted by Crippen LogP contribution is -2.15. The Morgan fingerprint density at radius 3 is 2.45 bits per heavy atom. The molecule has 2 aromatic heterocycles. The van der Waals surface area contributed by atoms with Crippen LogP contribution < -0.4 is 5.32 Å². The quantitative estimate of drug-likeness (QED) is 0.409. The molecule has 0 spiro atoms. The number of fused-ring (bicyclic) bond motifs is 1. The molecule has 0 aliphatic heterocycles. The molecule has 9 heteroatoms. The largest absolute Gasteiger partial charge is 0.505 e. The summed E-state index contributed by atoms with van der Waals surface area (Å²) in [6.45, 7) is 1.79. The lowest BCUT2D eigenvalue weighted by Gasteiger charge is -2.22. The Balaban J connectivity index is 1.87. The number of halogens is 4. The van der Waals surface area contributed by atoms with Crippen molar-refractivity contribution >= 4 is 28.5 Å². The van der Waals surface area contributed by atoms with Crippen LogP contribution >= 0.6 is 11.6 Å². The number of hydrogen-bond donors (Lipinski definition) is 2. The van der Waals surface area contributed by atoms with E-state index < -0.39 is 17.8 Å². The first-order valence-electron chi connectivity index (χ1n) is 9.23. The summed E-state index contributed by atoms with van der Waals surface area (Å²) < 4.78 is 39.1. The van der Waals surface area contributed by atoms with Gasteiger partial charge in [0.2, 0.25) is 5.95 Å². The molecule has 0 saturated heterocycles. The Morgan fingerprint density at radius 2 is 1.77 bits per heavy atom. The van der Waals surface area contributed by atoms with Gasteiger partial charge in [-0.1, -0.05) is 23.7 Å². The highest BCUT2D eigenvalue weighted by Crippen LogP contribution is 2.40. The van der Waals surface area contributed by atoms with Gasteiger partial charge in [0.15, 0.2) is 0 Å². The van der Waals surface area contributed by atoms with Crippen LogP contribution in [-0.2, 0) is 6.18 Å². The monoisotopic (exact) mass is 444 g/mol. The van der Waals surface area contributed by atoms with Crippen molar-refractivity contribution in [3.8, 4) is 5.75 Å².